The Hall–Kier alpha value is -3.39. The van der Waals surface area contributed by atoms with Crippen molar-refractivity contribution in [3.8, 4) is 11.1 Å². The van der Waals surface area contributed by atoms with Gasteiger partial charge in [0.05, 0.1) is 6.54 Å². The number of fused-ring (bicyclic) bond motifs is 3. The van der Waals surface area contributed by atoms with Crippen LogP contribution in [0.5, 0.6) is 0 Å². The molecule has 2 N–H and O–H groups in total. The summed E-state index contributed by atoms with van der Waals surface area (Å²) < 4.78 is 5.62. The van der Waals surface area contributed by atoms with E-state index in [0.717, 1.165) is 6.42 Å². The normalized spacial score (nSPS) is 21.9. The van der Waals surface area contributed by atoms with Gasteiger partial charge in [-0.1, -0.05) is 48.5 Å². The summed E-state index contributed by atoms with van der Waals surface area (Å²) in [5, 5.41) is 11.9. The number of aliphatic carboxylic acids is 1. The second-order valence-corrected chi connectivity index (χ2v) is 9.68. The van der Waals surface area contributed by atoms with E-state index in [1.165, 1.54) is 22.3 Å². The molecular weight excluding hydrogens is 446 g/mol. The number of hydrogen-bond acceptors (Lipinski definition) is 5. The second kappa shape index (κ2) is 10.1. The van der Waals surface area contributed by atoms with E-state index in [1.54, 1.807) is 0 Å². The van der Waals surface area contributed by atoms with Gasteiger partial charge >= 0.3 is 12.1 Å². The quantitative estimate of drug-likeness (QED) is 0.664. The molecule has 3 aliphatic rings. The summed E-state index contributed by atoms with van der Waals surface area (Å²) in [5.41, 5.74) is 4.74. The Bertz CT molecular complexity index is 1070. The minimum absolute atomic E-state index is 0.0115. The van der Waals surface area contributed by atoms with Gasteiger partial charge in [0.15, 0.2) is 0 Å². The number of ether oxygens (including phenoxy) is 1. The molecule has 0 unspecified atom stereocenters. The van der Waals surface area contributed by atoms with Crippen LogP contribution in [0.1, 0.15) is 36.3 Å². The van der Waals surface area contributed by atoms with Crippen LogP contribution in [0.2, 0.25) is 0 Å². The number of rotatable bonds is 6. The molecule has 0 bridgehead atoms. The van der Waals surface area contributed by atoms with Crippen molar-refractivity contribution < 1.29 is 24.2 Å². The molecular formula is C27H31N3O5. The van der Waals surface area contributed by atoms with Crippen LogP contribution in [-0.4, -0.2) is 78.2 Å². The third-order valence-corrected chi connectivity index (χ3v) is 7.41. The molecule has 2 aromatic rings. The molecule has 5 rings (SSSR count). The summed E-state index contributed by atoms with van der Waals surface area (Å²) in [5.74, 6) is -0.814. The molecule has 0 radical (unpaired) electrons. The summed E-state index contributed by atoms with van der Waals surface area (Å²) >= 11 is 0. The molecule has 1 aliphatic heterocycles. The Morgan fingerprint density at radius 1 is 0.914 bits per heavy atom. The predicted molar refractivity (Wildman–Crippen MR) is 130 cm³/mol. The lowest BCUT2D eigenvalue weighted by Gasteiger charge is -2.37. The minimum Gasteiger partial charge on any atom is -0.480 e. The lowest BCUT2D eigenvalue weighted by atomic mass is 9.79. The first-order chi connectivity index (χ1) is 17.0. The molecule has 2 aromatic carbocycles. The Kier molecular flexibility index (Phi) is 6.72. The van der Waals surface area contributed by atoms with Crippen molar-refractivity contribution in [2.24, 2.45) is 5.92 Å². The van der Waals surface area contributed by atoms with Gasteiger partial charge in [-0.15, -0.1) is 0 Å². The lowest BCUT2D eigenvalue weighted by Crippen LogP contribution is -2.51. The standard InChI is InChI=1S/C27H31N3O5/c31-25(32)16-29-10-5-11-30(13-12-29)26(33)18-14-19(15-18)28-27(34)35-17-24-22-8-3-1-6-20(22)21-7-2-4-9-23(21)24/h1-4,6-9,18-19,24H,5,10-17H2,(H,28,34)(H,31,32). The summed E-state index contributed by atoms with van der Waals surface area (Å²) in [6.45, 7) is 2.75. The highest BCUT2D eigenvalue weighted by atomic mass is 16.5. The molecule has 0 spiro atoms. The Morgan fingerprint density at radius 3 is 2.23 bits per heavy atom. The Morgan fingerprint density at radius 2 is 1.57 bits per heavy atom. The van der Waals surface area contributed by atoms with E-state index < -0.39 is 12.1 Å². The van der Waals surface area contributed by atoms with E-state index in [-0.39, 0.29) is 36.9 Å². The number of carbonyl (C=O) groups excluding carboxylic acids is 2. The fourth-order valence-corrected chi connectivity index (χ4v) is 5.54. The number of alkyl carbamates (subject to hydrolysis) is 1. The summed E-state index contributed by atoms with van der Waals surface area (Å²) in [6.07, 6.45) is 1.55. The van der Waals surface area contributed by atoms with Crippen LogP contribution < -0.4 is 5.32 Å². The van der Waals surface area contributed by atoms with E-state index in [1.807, 2.05) is 34.1 Å². The molecule has 0 aromatic heterocycles. The van der Waals surface area contributed by atoms with Gasteiger partial charge in [-0.2, -0.15) is 0 Å². The molecule has 2 amide bonds. The maximum atomic E-state index is 12.9. The number of benzene rings is 2. The molecule has 8 nitrogen and oxygen atoms in total. The monoisotopic (exact) mass is 477 g/mol. The van der Waals surface area contributed by atoms with E-state index >= 15 is 0 Å². The first-order valence-corrected chi connectivity index (χ1v) is 12.3. The van der Waals surface area contributed by atoms with Gasteiger partial charge < -0.3 is 20.1 Å². The van der Waals surface area contributed by atoms with Gasteiger partial charge in [0.2, 0.25) is 5.91 Å². The first kappa shape index (κ1) is 23.4. The summed E-state index contributed by atoms with van der Waals surface area (Å²) in [4.78, 5) is 40.0. The number of carboxylic acid groups (broad SMARTS) is 1. The van der Waals surface area contributed by atoms with E-state index in [2.05, 4.69) is 29.6 Å². The smallest absolute Gasteiger partial charge is 0.407 e. The number of hydrogen-bond donors (Lipinski definition) is 2. The molecule has 2 aliphatic carbocycles. The van der Waals surface area contributed by atoms with Gasteiger partial charge in [0.25, 0.3) is 0 Å². The molecule has 1 saturated carbocycles. The van der Waals surface area contributed by atoms with Gasteiger partial charge in [0, 0.05) is 44.1 Å². The topological polar surface area (TPSA) is 99.2 Å². The van der Waals surface area contributed by atoms with Crippen molar-refractivity contribution in [3.63, 3.8) is 0 Å². The SMILES string of the molecule is O=C(O)CN1CCCN(C(=O)C2CC(NC(=O)OCC3c4ccccc4-c4ccccc43)C2)CC1. The molecule has 184 valence electrons. The average Bonchev–Trinajstić information content (AvgIpc) is 2.95. The van der Waals surface area contributed by atoms with Crippen molar-refractivity contribution in [1.82, 2.24) is 15.1 Å². The third kappa shape index (κ3) is 5.03. The maximum absolute atomic E-state index is 12.9. The number of nitrogens with one attached hydrogen (secondary N) is 1. The molecule has 1 saturated heterocycles. The van der Waals surface area contributed by atoms with Crippen LogP contribution in [0.15, 0.2) is 48.5 Å². The highest BCUT2D eigenvalue weighted by molar-refractivity contribution is 5.81. The van der Waals surface area contributed by atoms with Crippen LogP contribution in [-0.2, 0) is 14.3 Å². The number of carboxylic acids is 1. The van der Waals surface area contributed by atoms with Crippen LogP contribution in [0.4, 0.5) is 4.79 Å². The molecule has 1 heterocycles. The van der Waals surface area contributed by atoms with Gasteiger partial charge in [-0.3, -0.25) is 14.5 Å². The van der Waals surface area contributed by atoms with Crippen LogP contribution >= 0.6 is 0 Å². The van der Waals surface area contributed by atoms with Crippen LogP contribution in [0.25, 0.3) is 11.1 Å². The van der Waals surface area contributed by atoms with E-state index in [9.17, 15) is 14.4 Å². The van der Waals surface area contributed by atoms with Gasteiger partial charge in [-0.05, 0) is 41.5 Å². The largest absolute Gasteiger partial charge is 0.480 e. The van der Waals surface area contributed by atoms with Crippen molar-refractivity contribution in [2.45, 2.75) is 31.2 Å². The maximum Gasteiger partial charge on any atom is 0.407 e. The molecule has 35 heavy (non-hydrogen) atoms. The fraction of sp³-hybridized carbons (Fsp3) is 0.444. The van der Waals surface area contributed by atoms with Gasteiger partial charge in [0.1, 0.15) is 6.61 Å². The highest BCUT2D eigenvalue weighted by Crippen LogP contribution is 2.44. The summed E-state index contributed by atoms with van der Waals surface area (Å²) in [6, 6.07) is 16.4. The lowest BCUT2D eigenvalue weighted by molar-refractivity contribution is -0.138. The summed E-state index contributed by atoms with van der Waals surface area (Å²) in [7, 11) is 0. The molecule has 0 atom stereocenters. The van der Waals surface area contributed by atoms with Crippen molar-refractivity contribution in [1.29, 1.82) is 0 Å². The predicted octanol–water partition coefficient (Wildman–Crippen LogP) is 2.92. The average molecular weight is 478 g/mol. The number of amides is 2. The molecule has 2 fully saturated rings. The van der Waals surface area contributed by atoms with Crippen molar-refractivity contribution >= 4 is 18.0 Å². The zero-order valence-corrected chi connectivity index (χ0v) is 19.7. The van der Waals surface area contributed by atoms with E-state index in [4.69, 9.17) is 9.84 Å². The van der Waals surface area contributed by atoms with Crippen LogP contribution in [0, 0.1) is 5.92 Å². The number of nitrogens with zero attached hydrogens (tertiary/aromatic N) is 2. The van der Waals surface area contributed by atoms with Gasteiger partial charge in [-0.25, -0.2) is 4.79 Å². The van der Waals surface area contributed by atoms with Crippen molar-refractivity contribution in [2.75, 3.05) is 39.3 Å². The Labute approximate surface area is 204 Å². The zero-order valence-electron chi connectivity index (χ0n) is 19.7. The molecule has 8 heteroatoms. The van der Waals surface area contributed by atoms with Crippen molar-refractivity contribution in [3.05, 3.63) is 59.7 Å². The first-order valence-electron chi connectivity index (χ1n) is 12.3. The minimum atomic E-state index is -0.842. The third-order valence-electron chi connectivity index (χ3n) is 7.41. The Balaban J connectivity index is 1.08. The highest BCUT2D eigenvalue weighted by Gasteiger charge is 2.38. The fourth-order valence-electron chi connectivity index (χ4n) is 5.54. The number of carbonyl (C=O) groups is 3. The zero-order chi connectivity index (χ0) is 24.4. The van der Waals surface area contributed by atoms with Crippen LogP contribution in [0.3, 0.4) is 0 Å². The van der Waals surface area contributed by atoms with E-state index in [0.29, 0.717) is 39.0 Å². The second-order valence-electron chi connectivity index (χ2n) is 9.68.